The lowest BCUT2D eigenvalue weighted by Gasteiger charge is -2.45. The molecular formula is C11H21NO5Si. The Bertz CT molecular complexity index is 317. The van der Waals surface area contributed by atoms with Crippen molar-refractivity contribution >= 4 is 14.6 Å². The average Bonchev–Trinajstić information content (AvgIpc) is 2.44. The number of ether oxygens (including phenoxy) is 2. The average molecular weight is 275 g/mol. The van der Waals surface area contributed by atoms with Crippen LogP contribution in [-0.2, 0) is 23.1 Å². The van der Waals surface area contributed by atoms with E-state index in [0.717, 1.165) is 12.5 Å². The van der Waals surface area contributed by atoms with Crippen LogP contribution < -0.4 is 0 Å². The standard InChI is InChI=1S/C11H21NO5Si/c1-5-10(12-9-13)18(16-4)8-6-7-11(14-2,15-3)17-18/h10H,5-8H2,1-4H3. The minimum atomic E-state index is -2.66. The molecule has 1 rings (SSSR count). The molecule has 1 heterocycles. The number of aliphatic imine (C=N–C) groups is 1. The number of methoxy groups -OCH3 is 2. The van der Waals surface area contributed by atoms with Gasteiger partial charge in [0.15, 0.2) is 0 Å². The van der Waals surface area contributed by atoms with Gasteiger partial charge in [-0.05, 0) is 18.9 Å². The molecule has 0 aromatic heterocycles. The van der Waals surface area contributed by atoms with Crippen molar-refractivity contribution in [2.75, 3.05) is 21.3 Å². The normalized spacial score (nSPS) is 28.4. The predicted molar refractivity (Wildman–Crippen MR) is 66.8 cm³/mol. The van der Waals surface area contributed by atoms with E-state index in [2.05, 4.69) is 4.99 Å². The summed E-state index contributed by atoms with van der Waals surface area (Å²) in [4.78, 5) is 14.4. The summed E-state index contributed by atoms with van der Waals surface area (Å²) in [5, 5.41) is 0. The Balaban J connectivity index is 3.02. The molecule has 0 bridgehead atoms. The van der Waals surface area contributed by atoms with Crippen molar-refractivity contribution in [3.8, 4) is 0 Å². The molecule has 1 aliphatic rings. The van der Waals surface area contributed by atoms with E-state index in [1.807, 2.05) is 6.92 Å². The molecule has 0 aromatic carbocycles. The highest BCUT2D eigenvalue weighted by atomic mass is 28.4. The Hall–Kier alpha value is -0.563. The first-order valence-electron chi connectivity index (χ1n) is 6.04. The molecule has 1 saturated heterocycles. The third kappa shape index (κ3) is 2.88. The molecule has 1 aliphatic heterocycles. The summed E-state index contributed by atoms with van der Waals surface area (Å²) in [6.07, 6.45) is 3.76. The van der Waals surface area contributed by atoms with Crippen molar-refractivity contribution in [3.05, 3.63) is 0 Å². The van der Waals surface area contributed by atoms with E-state index in [9.17, 15) is 4.79 Å². The van der Waals surface area contributed by atoms with Gasteiger partial charge in [0.05, 0.1) is 0 Å². The molecule has 0 aromatic rings. The second-order valence-corrected chi connectivity index (χ2v) is 7.61. The van der Waals surface area contributed by atoms with Gasteiger partial charge in [0.1, 0.15) is 5.67 Å². The zero-order valence-corrected chi connectivity index (χ0v) is 12.4. The van der Waals surface area contributed by atoms with Gasteiger partial charge in [-0.25, -0.2) is 9.79 Å². The van der Waals surface area contributed by atoms with Crippen molar-refractivity contribution in [3.63, 3.8) is 0 Å². The third-order valence-corrected chi connectivity index (χ3v) is 7.36. The molecule has 2 unspecified atom stereocenters. The van der Waals surface area contributed by atoms with Crippen LogP contribution in [0.1, 0.15) is 26.2 Å². The fourth-order valence-corrected chi connectivity index (χ4v) is 5.83. The Kier molecular flexibility index (Phi) is 5.65. The fourth-order valence-electron chi connectivity index (χ4n) is 2.37. The van der Waals surface area contributed by atoms with E-state index in [0.29, 0.717) is 12.8 Å². The Morgan fingerprint density at radius 1 is 1.44 bits per heavy atom. The van der Waals surface area contributed by atoms with Crippen LogP contribution in [0.4, 0.5) is 0 Å². The quantitative estimate of drug-likeness (QED) is 0.318. The van der Waals surface area contributed by atoms with Gasteiger partial charge in [0.2, 0.25) is 6.08 Å². The van der Waals surface area contributed by atoms with Crippen LogP contribution in [0, 0.1) is 0 Å². The maximum absolute atomic E-state index is 10.5. The molecule has 2 atom stereocenters. The van der Waals surface area contributed by atoms with Crippen LogP contribution in [0.5, 0.6) is 0 Å². The summed E-state index contributed by atoms with van der Waals surface area (Å²) in [7, 11) is 2.00. The number of isocyanates is 1. The van der Waals surface area contributed by atoms with Crippen LogP contribution in [0.3, 0.4) is 0 Å². The van der Waals surface area contributed by atoms with E-state index in [1.54, 1.807) is 13.2 Å². The molecule has 7 heteroatoms. The highest BCUT2D eigenvalue weighted by Crippen LogP contribution is 2.38. The molecule has 0 saturated carbocycles. The lowest BCUT2D eigenvalue weighted by Crippen LogP contribution is -2.61. The number of nitrogens with zero attached hydrogens (tertiary/aromatic N) is 1. The van der Waals surface area contributed by atoms with E-state index in [1.165, 1.54) is 14.2 Å². The van der Waals surface area contributed by atoms with Crippen LogP contribution in [0.25, 0.3) is 0 Å². The van der Waals surface area contributed by atoms with Crippen LogP contribution in [-0.4, -0.2) is 47.6 Å². The molecule has 18 heavy (non-hydrogen) atoms. The van der Waals surface area contributed by atoms with E-state index >= 15 is 0 Å². The second-order valence-electron chi connectivity index (χ2n) is 4.21. The SMILES string of the molecule is CCC(N=C=O)[Si]1(OC)CCCC(OC)(OC)O1. The number of hydrogen-bond donors (Lipinski definition) is 0. The molecule has 0 N–H and O–H groups in total. The van der Waals surface area contributed by atoms with E-state index in [4.69, 9.17) is 18.3 Å². The van der Waals surface area contributed by atoms with Crippen LogP contribution in [0.2, 0.25) is 6.04 Å². The maximum Gasteiger partial charge on any atom is 0.368 e. The summed E-state index contributed by atoms with van der Waals surface area (Å²) < 4.78 is 22.3. The zero-order chi connectivity index (χ0) is 13.6. The Morgan fingerprint density at radius 2 is 2.11 bits per heavy atom. The van der Waals surface area contributed by atoms with Crippen molar-refractivity contribution < 1.29 is 23.1 Å². The monoisotopic (exact) mass is 275 g/mol. The van der Waals surface area contributed by atoms with Crippen molar-refractivity contribution in [2.24, 2.45) is 4.99 Å². The first-order valence-corrected chi connectivity index (χ1v) is 8.14. The summed E-state index contributed by atoms with van der Waals surface area (Å²) in [5.74, 6) is -1.08. The fraction of sp³-hybridized carbons (Fsp3) is 0.909. The third-order valence-electron chi connectivity index (χ3n) is 3.41. The lowest BCUT2D eigenvalue weighted by molar-refractivity contribution is -0.341. The van der Waals surface area contributed by atoms with Crippen molar-refractivity contribution in [1.29, 1.82) is 0 Å². The first-order chi connectivity index (χ1) is 8.62. The predicted octanol–water partition coefficient (Wildman–Crippen LogP) is 1.49. The van der Waals surface area contributed by atoms with Crippen LogP contribution in [0.15, 0.2) is 4.99 Å². The molecular weight excluding hydrogens is 254 g/mol. The van der Waals surface area contributed by atoms with Gasteiger partial charge in [-0.3, -0.25) is 0 Å². The maximum atomic E-state index is 10.5. The van der Waals surface area contributed by atoms with E-state index < -0.39 is 14.5 Å². The molecule has 0 amide bonds. The number of carbonyl (C=O) groups excluding carboxylic acids is 1. The number of rotatable bonds is 6. The van der Waals surface area contributed by atoms with Gasteiger partial charge >= 0.3 is 8.56 Å². The van der Waals surface area contributed by atoms with Gasteiger partial charge in [-0.15, -0.1) is 0 Å². The summed E-state index contributed by atoms with van der Waals surface area (Å²) in [6.45, 7) is 1.94. The first kappa shape index (κ1) is 15.5. The Morgan fingerprint density at radius 3 is 2.56 bits per heavy atom. The van der Waals surface area contributed by atoms with Gasteiger partial charge in [0.25, 0.3) is 5.97 Å². The molecule has 0 radical (unpaired) electrons. The second kappa shape index (κ2) is 6.56. The zero-order valence-electron chi connectivity index (χ0n) is 11.4. The largest absolute Gasteiger partial charge is 0.396 e. The van der Waals surface area contributed by atoms with Crippen molar-refractivity contribution in [2.45, 2.75) is 43.9 Å². The summed E-state index contributed by atoms with van der Waals surface area (Å²) >= 11 is 0. The Labute approximate surface area is 109 Å². The molecule has 0 aliphatic carbocycles. The molecule has 6 nitrogen and oxygen atoms in total. The highest BCUT2D eigenvalue weighted by Gasteiger charge is 2.54. The topological polar surface area (TPSA) is 66.4 Å². The lowest BCUT2D eigenvalue weighted by atomic mass is 10.3. The minimum absolute atomic E-state index is 0.287. The van der Waals surface area contributed by atoms with Gasteiger partial charge < -0.3 is 18.3 Å². The van der Waals surface area contributed by atoms with E-state index in [-0.39, 0.29) is 5.67 Å². The molecule has 0 spiro atoms. The number of hydrogen-bond acceptors (Lipinski definition) is 6. The molecule has 104 valence electrons. The van der Waals surface area contributed by atoms with Crippen LogP contribution >= 0.6 is 0 Å². The summed E-state index contributed by atoms with van der Waals surface area (Å²) in [6, 6.07) is 0.766. The van der Waals surface area contributed by atoms with Gasteiger partial charge in [-0.1, -0.05) is 6.92 Å². The highest BCUT2D eigenvalue weighted by molar-refractivity contribution is 6.69. The van der Waals surface area contributed by atoms with Crippen molar-refractivity contribution in [1.82, 2.24) is 0 Å². The summed E-state index contributed by atoms with van der Waals surface area (Å²) in [5.41, 5.74) is -0.287. The van der Waals surface area contributed by atoms with Gasteiger partial charge in [-0.2, -0.15) is 0 Å². The minimum Gasteiger partial charge on any atom is -0.396 e. The molecule has 1 fully saturated rings. The van der Waals surface area contributed by atoms with Gasteiger partial charge in [0, 0.05) is 27.8 Å². The smallest absolute Gasteiger partial charge is 0.368 e.